The molecule has 0 bridgehead atoms. The molecule has 1 aromatic heterocycles. The Hall–Kier alpha value is -3.73. The van der Waals surface area contributed by atoms with Gasteiger partial charge in [-0.25, -0.2) is 9.78 Å². The Labute approximate surface area is 224 Å². The summed E-state index contributed by atoms with van der Waals surface area (Å²) in [7, 11) is 0. The van der Waals surface area contributed by atoms with Gasteiger partial charge in [-0.3, -0.25) is 9.80 Å². The van der Waals surface area contributed by atoms with Crippen molar-refractivity contribution in [2.24, 2.45) is 0 Å². The summed E-state index contributed by atoms with van der Waals surface area (Å²) < 4.78 is 31.7. The summed E-state index contributed by atoms with van der Waals surface area (Å²) in [6, 6.07) is 23.7. The van der Waals surface area contributed by atoms with E-state index < -0.39 is 12.1 Å². The molecule has 39 heavy (non-hydrogen) atoms. The summed E-state index contributed by atoms with van der Waals surface area (Å²) in [4.78, 5) is 22.0. The molecular weight excluding hydrogens is 509 g/mol. The predicted molar refractivity (Wildman–Crippen MR) is 144 cm³/mol. The highest BCUT2D eigenvalue weighted by Gasteiger charge is 2.38. The first-order chi connectivity index (χ1) is 18.6. The second-order valence-corrected chi connectivity index (χ2v) is 9.48. The molecule has 7 nitrogen and oxygen atoms in total. The van der Waals surface area contributed by atoms with Gasteiger partial charge in [-0.15, -0.1) is 0 Å². The Morgan fingerprint density at radius 3 is 2.15 bits per heavy atom. The highest BCUT2D eigenvalue weighted by atomic mass is 19.4. The number of aromatic nitrogens is 2. The highest BCUT2D eigenvalue weighted by molar-refractivity contribution is 5.83. The lowest BCUT2D eigenvalue weighted by Crippen LogP contribution is -2.46. The van der Waals surface area contributed by atoms with Gasteiger partial charge in [0.2, 0.25) is 0 Å². The molecule has 1 saturated heterocycles. The van der Waals surface area contributed by atoms with Crippen molar-refractivity contribution in [3.63, 3.8) is 0 Å². The minimum absolute atomic E-state index is 0.249. The van der Waals surface area contributed by atoms with Gasteiger partial charge in [0.25, 0.3) is 0 Å². The van der Waals surface area contributed by atoms with Gasteiger partial charge in [-0.05, 0) is 41.3 Å². The van der Waals surface area contributed by atoms with Gasteiger partial charge in [0, 0.05) is 44.8 Å². The number of carbonyl (C=O) groups is 1. The second-order valence-electron chi connectivity index (χ2n) is 9.48. The number of benzene rings is 3. The zero-order chi connectivity index (χ0) is 28.0. The molecule has 4 aromatic rings. The number of rotatable bonds is 6. The lowest BCUT2D eigenvalue weighted by Gasteiger charge is -2.34. The molecule has 0 unspecified atom stereocenters. The van der Waals surface area contributed by atoms with Crippen LogP contribution in [0.1, 0.15) is 11.1 Å². The number of nitrogens with one attached hydrogen (secondary N) is 1. The van der Waals surface area contributed by atoms with Crippen molar-refractivity contribution in [1.29, 1.82) is 0 Å². The zero-order valence-corrected chi connectivity index (χ0v) is 21.6. The number of alkyl halides is 3. The topological polar surface area (TPSA) is 92.7 Å². The van der Waals surface area contributed by atoms with Crippen molar-refractivity contribution in [3.8, 4) is 22.5 Å². The van der Waals surface area contributed by atoms with E-state index in [4.69, 9.17) is 20.0 Å². The molecule has 2 heterocycles. The van der Waals surface area contributed by atoms with E-state index in [2.05, 4.69) is 88.4 Å². The third-order valence-electron chi connectivity index (χ3n) is 6.67. The highest BCUT2D eigenvalue weighted by Crippen LogP contribution is 2.27. The molecule has 206 valence electrons. The van der Waals surface area contributed by atoms with Crippen LogP contribution in [-0.4, -0.2) is 81.5 Å². The molecule has 0 saturated carbocycles. The SMILES string of the molecule is Cc1cccc2[nH]c(-c3cccc(-c4ccc(CN5CCN(CCO)CC5)cc4)c3)nc12.O=C(O)C(F)(F)F. The van der Waals surface area contributed by atoms with E-state index >= 15 is 0 Å². The average molecular weight is 541 g/mol. The van der Waals surface area contributed by atoms with Crippen molar-refractivity contribution in [2.45, 2.75) is 19.6 Å². The van der Waals surface area contributed by atoms with Crippen LogP contribution >= 0.6 is 0 Å². The first-order valence-corrected chi connectivity index (χ1v) is 12.6. The normalized spacial score (nSPS) is 14.7. The van der Waals surface area contributed by atoms with Crippen LogP contribution in [0.3, 0.4) is 0 Å². The van der Waals surface area contributed by atoms with Crippen LogP contribution in [0.5, 0.6) is 0 Å². The minimum atomic E-state index is -5.08. The first kappa shape index (κ1) is 28.3. The van der Waals surface area contributed by atoms with Crippen molar-refractivity contribution < 1.29 is 28.2 Å². The Balaban J connectivity index is 0.000000448. The molecule has 1 aliphatic heterocycles. The number of halogens is 3. The van der Waals surface area contributed by atoms with Crippen molar-refractivity contribution in [2.75, 3.05) is 39.3 Å². The number of aliphatic hydroxyl groups excluding tert-OH is 1. The number of hydrogen-bond acceptors (Lipinski definition) is 5. The predicted octanol–water partition coefficient (Wildman–Crippen LogP) is 4.95. The number of aromatic amines is 1. The summed E-state index contributed by atoms with van der Waals surface area (Å²) in [5.41, 5.74) is 8.16. The summed E-state index contributed by atoms with van der Waals surface area (Å²) in [6.07, 6.45) is -5.08. The number of aliphatic carboxylic acids is 1. The first-order valence-electron chi connectivity index (χ1n) is 12.6. The van der Waals surface area contributed by atoms with E-state index in [-0.39, 0.29) is 6.61 Å². The Bertz CT molecular complexity index is 1400. The van der Waals surface area contributed by atoms with Gasteiger partial charge < -0.3 is 15.2 Å². The van der Waals surface area contributed by atoms with Crippen molar-refractivity contribution in [1.82, 2.24) is 19.8 Å². The maximum Gasteiger partial charge on any atom is 0.490 e. The Morgan fingerprint density at radius 2 is 1.54 bits per heavy atom. The molecule has 0 aliphatic carbocycles. The fourth-order valence-electron chi connectivity index (χ4n) is 4.53. The van der Waals surface area contributed by atoms with Crippen molar-refractivity contribution in [3.05, 3.63) is 77.9 Å². The number of nitrogens with zero attached hydrogens (tertiary/aromatic N) is 3. The maximum atomic E-state index is 10.6. The number of β-amino-alcohol motifs (C(OH)–C–C–N with tert-alkyl or cyclic N) is 1. The number of aryl methyl sites for hydroxylation is 1. The average Bonchev–Trinajstić information content (AvgIpc) is 3.36. The zero-order valence-electron chi connectivity index (χ0n) is 21.6. The van der Waals surface area contributed by atoms with Crippen LogP contribution < -0.4 is 0 Å². The van der Waals surface area contributed by atoms with Gasteiger partial charge in [-0.2, -0.15) is 13.2 Å². The third-order valence-corrected chi connectivity index (χ3v) is 6.67. The van der Waals surface area contributed by atoms with E-state index in [0.29, 0.717) is 0 Å². The molecule has 10 heteroatoms. The van der Waals surface area contributed by atoms with Gasteiger partial charge in [-0.1, -0.05) is 54.6 Å². The maximum absolute atomic E-state index is 10.6. The van der Waals surface area contributed by atoms with E-state index in [0.717, 1.165) is 61.7 Å². The van der Waals surface area contributed by atoms with Gasteiger partial charge in [0.1, 0.15) is 5.82 Å². The molecule has 0 amide bonds. The molecule has 1 fully saturated rings. The molecule has 3 aromatic carbocycles. The molecule has 3 N–H and O–H groups in total. The fourth-order valence-corrected chi connectivity index (χ4v) is 4.53. The van der Waals surface area contributed by atoms with E-state index in [1.165, 1.54) is 22.3 Å². The standard InChI is InChI=1S/C27H30N4O.C2HF3O2/c1-20-4-2-7-25-26(20)29-27(28-25)24-6-3-5-23(18-24)22-10-8-21(9-11-22)19-31-14-12-30(13-15-31)16-17-32;3-2(4,5)1(6)7/h2-11,18,32H,12-17,19H2,1H3,(H,28,29);(H,6,7). The van der Waals surface area contributed by atoms with Gasteiger partial charge in [0.05, 0.1) is 17.6 Å². The molecule has 1 aliphatic rings. The number of H-pyrrole nitrogens is 1. The summed E-state index contributed by atoms with van der Waals surface area (Å²) >= 11 is 0. The Kier molecular flexibility index (Phi) is 9.01. The smallest absolute Gasteiger partial charge is 0.475 e. The van der Waals surface area contributed by atoms with Gasteiger partial charge >= 0.3 is 12.1 Å². The second kappa shape index (κ2) is 12.4. The number of imidazole rings is 1. The monoisotopic (exact) mass is 540 g/mol. The lowest BCUT2D eigenvalue weighted by molar-refractivity contribution is -0.192. The summed E-state index contributed by atoms with van der Waals surface area (Å²) in [6.45, 7) is 8.29. The minimum Gasteiger partial charge on any atom is -0.475 e. The molecular formula is C29H31F3N4O3. The van der Waals surface area contributed by atoms with E-state index in [9.17, 15) is 13.2 Å². The van der Waals surface area contributed by atoms with E-state index in [1.54, 1.807) is 0 Å². The Morgan fingerprint density at radius 1 is 0.923 bits per heavy atom. The van der Waals surface area contributed by atoms with Gasteiger partial charge in [0.15, 0.2) is 0 Å². The number of carboxylic acid groups (broad SMARTS) is 1. The fraction of sp³-hybridized carbons (Fsp3) is 0.310. The summed E-state index contributed by atoms with van der Waals surface area (Å²) in [5.74, 6) is -1.85. The number of fused-ring (bicyclic) bond motifs is 1. The van der Waals surface area contributed by atoms with Crippen LogP contribution in [0, 0.1) is 6.92 Å². The summed E-state index contributed by atoms with van der Waals surface area (Å²) in [5, 5.41) is 16.2. The number of para-hydroxylation sites is 1. The molecule has 0 spiro atoms. The van der Waals surface area contributed by atoms with Crippen LogP contribution in [0.2, 0.25) is 0 Å². The quantitative estimate of drug-likeness (QED) is 0.321. The van der Waals surface area contributed by atoms with Crippen LogP contribution in [0.15, 0.2) is 66.7 Å². The van der Waals surface area contributed by atoms with Crippen LogP contribution in [-0.2, 0) is 11.3 Å². The molecule has 0 atom stereocenters. The van der Waals surface area contributed by atoms with Crippen LogP contribution in [0.25, 0.3) is 33.5 Å². The molecule has 5 rings (SSSR count). The largest absolute Gasteiger partial charge is 0.490 e. The molecule has 0 radical (unpaired) electrons. The number of carboxylic acids is 1. The number of aliphatic hydroxyl groups is 1. The van der Waals surface area contributed by atoms with E-state index in [1.807, 2.05) is 0 Å². The van der Waals surface area contributed by atoms with Crippen molar-refractivity contribution >= 4 is 17.0 Å². The number of piperazine rings is 1. The number of hydrogen-bond donors (Lipinski definition) is 3. The third kappa shape index (κ3) is 7.44. The van der Waals surface area contributed by atoms with Crippen LogP contribution in [0.4, 0.5) is 13.2 Å². The lowest BCUT2D eigenvalue weighted by atomic mass is 10.0.